The predicted octanol–water partition coefficient (Wildman–Crippen LogP) is 0.508. The SMILES string of the molecule is CNC(=O)[C@@H]1CN(C(=O)CCc2ccccc2)CCN1C. The highest BCUT2D eigenvalue weighted by atomic mass is 16.2. The van der Waals surface area contributed by atoms with Crippen molar-refractivity contribution >= 4 is 11.8 Å². The summed E-state index contributed by atoms with van der Waals surface area (Å²) in [5.74, 6) is 0.0962. The minimum atomic E-state index is -0.246. The van der Waals surface area contributed by atoms with Gasteiger partial charge in [-0.15, -0.1) is 0 Å². The fraction of sp³-hybridized carbons (Fsp3) is 0.500. The van der Waals surface area contributed by atoms with Gasteiger partial charge < -0.3 is 10.2 Å². The van der Waals surface area contributed by atoms with Crippen molar-refractivity contribution in [2.45, 2.75) is 18.9 Å². The molecule has 0 bridgehead atoms. The molecule has 2 rings (SSSR count). The summed E-state index contributed by atoms with van der Waals surface area (Å²) < 4.78 is 0. The van der Waals surface area contributed by atoms with E-state index in [1.165, 1.54) is 5.56 Å². The first kappa shape index (κ1) is 15.5. The molecule has 1 N–H and O–H groups in total. The molecule has 2 amide bonds. The molecule has 1 saturated heterocycles. The van der Waals surface area contributed by atoms with Crippen LogP contribution in [0, 0.1) is 0 Å². The highest BCUT2D eigenvalue weighted by Crippen LogP contribution is 2.11. The molecule has 0 radical (unpaired) electrons. The number of carbonyl (C=O) groups is 2. The van der Waals surface area contributed by atoms with Gasteiger partial charge in [-0.3, -0.25) is 14.5 Å². The van der Waals surface area contributed by atoms with Crippen molar-refractivity contribution in [3.05, 3.63) is 35.9 Å². The summed E-state index contributed by atoms with van der Waals surface area (Å²) in [4.78, 5) is 28.0. The number of nitrogens with zero attached hydrogens (tertiary/aromatic N) is 2. The lowest BCUT2D eigenvalue weighted by molar-refractivity contribution is -0.137. The van der Waals surface area contributed by atoms with Gasteiger partial charge in [0.15, 0.2) is 0 Å². The van der Waals surface area contributed by atoms with E-state index in [1.54, 1.807) is 7.05 Å². The van der Waals surface area contributed by atoms with Crippen LogP contribution in [0.2, 0.25) is 0 Å². The van der Waals surface area contributed by atoms with E-state index in [9.17, 15) is 9.59 Å². The van der Waals surface area contributed by atoms with E-state index < -0.39 is 0 Å². The number of aryl methyl sites for hydroxylation is 1. The van der Waals surface area contributed by atoms with E-state index in [4.69, 9.17) is 0 Å². The maximum absolute atomic E-state index is 12.3. The molecule has 0 aromatic heterocycles. The van der Waals surface area contributed by atoms with E-state index in [2.05, 4.69) is 5.32 Å². The molecule has 1 aromatic carbocycles. The number of carbonyl (C=O) groups excluding carboxylic acids is 2. The monoisotopic (exact) mass is 289 g/mol. The molecule has 1 heterocycles. The van der Waals surface area contributed by atoms with E-state index >= 15 is 0 Å². The highest BCUT2D eigenvalue weighted by molar-refractivity contribution is 5.83. The normalized spacial score (nSPS) is 19.3. The third kappa shape index (κ3) is 4.04. The van der Waals surface area contributed by atoms with Crippen LogP contribution in [0.4, 0.5) is 0 Å². The van der Waals surface area contributed by atoms with Crippen LogP contribution in [-0.2, 0) is 16.0 Å². The molecule has 0 spiro atoms. The Morgan fingerprint density at radius 2 is 1.95 bits per heavy atom. The summed E-state index contributed by atoms with van der Waals surface area (Å²) in [7, 11) is 3.55. The number of nitrogens with one attached hydrogen (secondary N) is 1. The minimum Gasteiger partial charge on any atom is -0.358 e. The van der Waals surface area contributed by atoms with E-state index in [-0.39, 0.29) is 17.9 Å². The van der Waals surface area contributed by atoms with Gasteiger partial charge in [-0.2, -0.15) is 0 Å². The molecule has 1 fully saturated rings. The van der Waals surface area contributed by atoms with Crippen LogP contribution in [0.3, 0.4) is 0 Å². The van der Waals surface area contributed by atoms with Crippen LogP contribution in [0.5, 0.6) is 0 Å². The average molecular weight is 289 g/mol. The standard InChI is InChI=1S/C16H23N3O2/c1-17-16(21)14-12-19(11-10-18(14)2)15(20)9-8-13-6-4-3-5-7-13/h3-7,14H,8-12H2,1-2H3,(H,17,21)/t14-/m0/s1. The Balaban J connectivity index is 1.89. The Labute approximate surface area is 125 Å². The first-order chi connectivity index (χ1) is 10.1. The molecule has 1 atom stereocenters. The molecular formula is C16H23N3O2. The highest BCUT2D eigenvalue weighted by Gasteiger charge is 2.31. The van der Waals surface area contributed by atoms with Crippen molar-refractivity contribution in [1.29, 1.82) is 0 Å². The van der Waals surface area contributed by atoms with Crippen molar-refractivity contribution in [3.8, 4) is 0 Å². The second-order valence-electron chi connectivity index (χ2n) is 5.44. The molecule has 1 aromatic rings. The molecule has 0 aliphatic carbocycles. The fourth-order valence-electron chi connectivity index (χ4n) is 2.60. The molecule has 21 heavy (non-hydrogen) atoms. The van der Waals surface area contributed by atoms with Crippen LogP contribution in [0.25, 0.3) is 0 Å². The van der Waals surface area contributed by atoms with Gasteiger partial charge in [-0.25, -0.2) is 0 Å². The summed E-state index contributed by atoms with van der Waals surface area (Å²) in [6.07, 6.45) is 1.24. The summed E-state index contributed by atoms with van der Waals surface area (Å²) >= 11 is 0. The van der Waals surface area contributed by atoms with Gasteiger partial charge in [-0.1, -0.05) is 30.3 Å². The Kier molecular flexibility index (Phi) is 5.33. The Bertz CT molecular complexity index is 490. The molecule has 5 nitrogen and oxygen atoms in total. The zero-order valence-corrected chi connectivity index (χ0v) is 12.7. The van der Waals surface area contributed by atoms with Gasteiger partial charge in [0.05, 0.1) is 0 Å². The second kappa shape index (κ2) is 7.22. The lowest BCUT2D eigenvalue weighted by Crippen LogP contribution is -2.58. The van der Waals surface area contributed by atoms with Crippen molar-refractivity contribution in [3.63, 3.8) is 0 Å². The summed E-state index contributed by atoms with van der Waals surface area (Å²) in [5, 5.41) is 2.66. The number of hydrogen-bond donors (Lipinski definition) is 1. The zero-order chi connectivity index (χ0) is 15.2. The van der Waals surface area contributed by atoms with E-state index in [0.717, 1.165) is 13.0 Å². The molecule has 1 aliphatic rings. The maximum Gasteiger partial charge on any atom is 0.238 e. The maximum atomic E-state index is 12.3. The zero-order valence-electron chi connectivity index (χ0n) is 12.7. The van der Waals surface area contributed by atoms with Crippen LogP contribution in [-0.4, -0.2) is 61.4 Å². The molecule has 5 heteroatoms. The van der Waals surface area contributed by atoms with Gasteiger partial charge in [0.25, 0.3) is 0 Å². The minimum absolute atomic E-state index is 0.0296. The molecule has 0 saturated carbocycles. The lowest BCUT2D eigenvalue weighted by atomic mass is 10.1. The van der Waals surface area contributed by atoms with Crippen molar-refractivity contribution in [2.75, 3.05) is 33.7 Å². The number of piperazine rings is 1. The largest absolute Gasteiger partial charge is 0.358 e. The van der Waals surface area contributed by atoms with Gasteiger partial charge in [0, 0.05) is 33.1 Å². The Morgan fingerprint density at radius 3 is 2.62 bits per heavy atom. The first-order valence-corrected chi connectivity index (χ1v) is 7.35. The quantitative estimate of drug-likeness (QED) is 0.878. The topological polar surface area (TPSA) is 52.7 Å². The predicted molar refractivity (Wildman–Crippen MR) is 81.8 cm³/mol. The first-order valence-electron chi connectivity index (χ1n) is 7.35. The van der Waals surface area contributed by atoms with Gasteiger partial charge >= 0.3 is 0 Å². The van der Waals surface area contributed by atoms with Crippen molar-refractivity contribution in [1.82, 2.24) is 15.1 Å². The summed E-state index contributed by atoms with van der Waals surface area (Å²) in [6, 6.07) is 9.76. The third-order valence-corrected chi connectivity index (χ3v) is 4.02. The van der Waals surface area contributed by atoms with Crippen molar-refractivity contribution in [2.24, 2.45) is 0 Å². The Morgan fingerprint density at radius 1 is 1.24 bits per heavy atom. The van der Waals surface area contributed by atoms with Crippen LogP contribution in [0.1, 0.15) is 12.0 Å². The number of likely N-dealkylation sites (N-methyl/N-ethyl adjacent to an activating group) is 2. The lowest BCUT2D eigenvalue weighted by Gasteiger charge is -2.38. The van der Waals surface area contributed by atoms with Gasteiger partial charge in [-0.05, 0) is 19.0 Å². The number of rotatable bonds is 4. The molecular weight excluding hydrogens is 266 g/mol. The molecule has 0 unspecified atom stereocenters. The van der Waals surface area contributed by atoms with E-state index in [0.29, 0.717) is 19.5 Å². The van der Waals surface area contributed by atoms with Crippen LogP contribution in [0.15, 0.2) is 30.3 Å². The van der Waals surface area contributed by atoms with Crippen molar-refractivity contribution < 1.29 is 9.59 Å². The van der Waals surface area contributed by atoms with E-state index in [1.807, 2.05) is 47.2 Å². The molecule has 1 aliphatic heterocycles. The number of benzene rings is 1. The Hall–Kier alpha value is -1.88. The number of hydrogen-bond acceptors (Lipinski definition) is 3. The number of amides is 2. The fourth-order valence-corrected chi connectivity index (χ4v) is 2.60. The smallest absolute Gasteiger partial charge is 0.238 e. The van der Waals surface area contributed by atoms with Gasteiger partial charge in [0.2, 0.25) is 11.8 Å². The van der Waals surface area contributed by atoms with Crippen LogP contribution < -0.4 is 5.32 Å². The summed E-state index contributed by atoms with van der Waals surface area (Å²) in [6.45, 7) is 1.90. The van der Waals surface area contributed by atoms with Crippen LogP contribution >= 0.6 is 0 Å². The average Bonchev–Trinajstić information content (AvgIpc) is 2.53. The summed E-state index contributed by atoms with van der Waals surface area (Å²) in [5.41, 5.74) is 1.17. The molecule has 114 valence electrons. The second-order valence-corrected chi connectivity index (χ2v) is 5.44. The third-order valence-electron chi connectivity index (χ3n) is 4.02. The van der Waals surface area contributed by atoms with Gasteiger partial charge in [0.1, 0.15) is 6.04 Å².